The molecule has 1 aliphatic carbocycles. The lowest BCUT2D eigenvalue weighted by molar-refractivity contribution is -0.0365. The third-order valence-corrected chi connectivity index (χ3v) is 4.01. The molecule has 4 heteroatoms. The van der Waals surface area contributed by atoms with Crippen LogP contribution in [0.15, 0.2) is 10.5 Å². The first-order valence-corrected chi connectivity index (χ1v) is 7.66. The van der Waals surface area contributed by atoms with E-state index in [2.05, 4.69) is 18.3 Å². The molecule has 1 aliphatic rings. The van der Waals surface area contributed by atoms with Gasteiger partial charge in [-0.15, -0.1) is 0 Å². The van der Waals surface area contributed by atoms with Gasteiger partial charge in [0.2, 0.25) is 0 Å². The van der Waals surface area contributed by atoms with Crippen molar-refractivity contribution in [1.29, 1.82) is 0 Å². The quantitative estimate of drug-likeness (QED) is 0.833. The Morgan fingerprint density at radius 2 is 2.15 bits per heavy atom. The zero-order valence-corrected chi connectivity index (χ0v) is 12.9. The van der Waals surface area contributed by atoms with Gasteiger partial charge in [-0.3, -0.25) is 0 Å². The van der Waals surface area contributed by atoms with E-state index in [9.17, 15) is 0 Å². The van der Waals surface area contributed by atoms with Crippen LogP contribution in [0.3, 0.4) is 0 Å². The fourth-order valence-electron chi connectivity index (χ4n) is 2.74. The minimum absolute atomic E-state index is 0.320. The minimum atomic E-state index is 0.320. The zero-order valence-electron chi connectivity index (χ0n) is 12.9. The molecule has 4 nitrogen and oxygen atoms in total. The van der Waals surface area contributed by atoms with Crippen LogP contribution in [0.1, 0.15) is 49.7 Å². The molecule has 0 saturated heterocycles. The van der Waals surface area contributed by atoms with Gasteiger partial charge in [-0.2, -0.15) is 0 Å². The Kier molecular flexibility index (Phi) is 6.07. The van der Waals surface area contributed by atoms with E-state index < -0.39 is 0 Å². The third-order valence-electron chi connectivity index (χ3n) is 4.01. The summed E-state index contributed by atoms with van der Waals surface area (Å²) in [5.41, 5.74) is 1.16. The maximum absolute atomic E-state index is 6.04. The number of aryl methyl sites for hydroxylation is 1. The van der Waals surface area contributed by atoms with E-state index in [4.69, 9.17) is 13.9 Å². The summed E-state index contributed by atoms with van der Waals surface area (Å²) in [5, 5.41) is 3.27. The van der Waals surface area contributed by atoms with Crippen molar-refractivity contribution in [2.45, 2.75) is 64.9 Å². The van der Waals surface area contributed by atoms with Gasteiger partial charge in [0.05, 0.1) is 25.4 Å². The van der Waals surface area contributed by atoms with E-state index in [1.807, 2.05) is 6.92 Å². The summed E-state index contributed by atoms with van der Waals surface area (Å²) in [7, 11) is 1.79. The Labute approximate surface area is 121 Å². The van der Waals surface area contributed by atoms with Gasteiger partial charge in [0.1, 0.15) is 11.5 Å². The Morgan fingerprint density at radius 1 is 1.35 bits per heavy atom. The van der Waals surface area contributed by atoms with Gasteiger partial charge in [-0.05, 0) is 45.2 Å². The molecule has 20 heavy (non-hydrogen) atoms. The highest BCUT2D eigenvalue weighted by atomic mass is 16.5. The van der Waals surface area contributed by atoms with E-state index in [-0.39, 0.29) is 0 Å². The molecule has 0 amide bonds. The van der Waals surface area contributed by atoms with E-state index >= 15 is 0 Å². The molecule has 2 atom stereocenters. The van der Waals surface area contributed by atoms with Crippen LogP contribution < -0.4 is 5.32 Å². The van der Waals surface area contributed by atoms with Gasteiger partial charge >= 0.3 is 0 Å². The molecule has 1 fully saturated rings. The lowest BCUT2D eigenvalue weighted by Gasteiger charge is -2.28. The summed E-state index contributed by atoms with van der Waals surface area (Å²) in [6.07, 6.45) is 5.19. The molecule has 0 radical (unpaired) electrons. The number of furan rings is 1. The first-order chi connectivity index (χ1) is 9.72. The van der Waals surface area contributed by atoms with Crippen molar-refractivity contribution in [3.8, 4) is 0 Å². The average molecular weight is 281 g/mol. The Morgan fingerprint density at radius 3 is 2.90 bits per heavy atom. The second-order valence-electron chi connectivity index (χ2n) is 5.53. The smallest absolute Gasteiger partial charge is 0.118 e. The zero-order chi connectivity index (χ0) is 14.4. The molecule has 0 spiro atoms. The first kappa shape index (κ1) is 15.5. The average Bonchev–Trinajstić information content (AvgIpc) is 2.83. The monoisotopic (exact) mass is 281 g/mol. The number of hydrogen-bond acceptors (Lipinski definition) is 4. The van der Waals surface area contributed by atoms with Crippen molar-refractivity contribution >= 4 is 0 Å². The van der Waals surface area contributed by atoms with Crippen molar-refractivity contribution < 1.29 is 13.9 Å². The van der Waals surface area contributed by atoms with Gasteiger partial charge in [-0.25, -0.2) is 0 Å². The molecule has 2 rings (SSSR count). The fraction of sp³-hybridized carbons (Fsp3) is 0.750. The Hall–Kier alpha value is -0.840. The summed E-state index contributed by atoms with van der Waals surface area (Å²) >= 11 is 0. The van der Waals surface area contributed by atoms with Crippen molar-refractivity contribution in [3.63, 3.8) is 0 Å². The standard InChI is InChI=1S/C16H27NO3/c1-4-17-10-16-8-13(12(2)20-16)11-19-15-7-5-6-14(9-15)18-3/h8,14-15,17H,4-7,9-11H2,1-3H3. The first-order valence-electron chi connectivity index (χ1n) is 7.66. The summed E-state index contributed by atoms with van der Waals surface area (Å²) < 4.78 is 17.2. The molecule has 1 N–H and O–H groups in total. The highest BCUT2D eigenvalue weighted by Gasteiger charge is 2.22. The van der Waals surface area contributed by atoms with Crippen LogP contribution >= 0.6 is 0 Å². The molecular weight excluding hydrogens is 254 g/mol. The summed E-state index contributed by atoms with van der Waals surface area (Å²) in [4.78, 5) is 0. The molecular formula is C16H27NO3. The van der Waals surface area contributed by atoms with Crippen LogP contribution in [0, 0.1) is 6.92 Å². The van der Waals surface area contributed by atoms with Crippen LogP contribution in [0.5, 0.6) is 0 Å². The lowest BCUT2D eigenvalue weighted by atomic mass is 9.95. The third kappa shape index (κ3) is 4.33. The number of rotatable bonds is 7. The predicted molar refractivity (Wildman–Crippen MR) is 78.7 cm³/mol. The number of nitrogens with one attached hydrogen (secondary N) is 1. The highest BCUT2D eigenvalue weighted by molar-refractivity contribution is 5.20. The molecule has 2 unspecified atom stereocenters. The van der Waals surface area contributed by atoms with Gasteiger partial charge < -0.3 is 19.2 Å². The normalized spacial score (nSPS) is 23.1. The number of hydrogen-bond donors (Lipinski definition) is 1. The Bertz CT molecular complexity index is 402. The molecule has 1 heterocycles. The van der Waals surface area contributed by atoms with E-state index in [1.165, 1.54) is 6.42 Å². The van der Waals surface area contributed by atoms with Gasteiger partial charge in [0.25, 0.3) is 0 Å². The second kappa shape index (κ2) is 7.81. The van der Waals surface area contributed by atoms with Crippen molar-refractivity contribution in [2.24, 2.45) is 0 Å². The van der Waals surface area contributed by atoms with E-state index in [0.717, 1.165) is 49.4 Å². The Balaban J connectivity index is 1.82. The van der Waals surface area contributed by atoms with Crippen LogP contribution in [0.4, 0.5) is 0 Å². The van der Waals surface area contributed by atoms with Crippen molar-refractivity contribution in [2.75, 3.05) is 13.7 Å². The molecule has 0 aliphatic heterocycles. The molecule has 0 bridgehead atoms. The highest BCUT2D eigenvalue weighted by Crippen LogP contribution is 2.25. The number of ether oxygens (including phenoxy) is 2. The maximum atomic E-state index is 6.04. The largest absolute Gasteiger partial charge is 0.465 e. The van der Waals surface area contributed by atoms with Crippen LogP contribution in [0.2, 0.25) is 0 Å². The molecule has 1 aromatic heterocycles. The molecule has 1 saturated carbocycles. The van der Waals surface area contributed by atoms with Gasteiger partial charge in [-0.1, -0.05) is 6.92 Å². The second-order valence-corrected chi connectivity index (χ2v) is 5.53. The van der Waals surface area contributed by atoms with Gasteiger partial charge in [0.15, 0.2) is 0 Å². The van der Waals surface area contributed by atoms with Crippen LogP contribution in [-0.2, 0) is 22.6 Å². The topological polar surface area (TPSA) is 43.6 Å². The van der Waals surface area contributed by atoms with E-state index in [1.54, 1.807) is 7.11 Å². The van der Waals surface area contributed by atoms with Crippen molar-refractivity contribution in [3.05, 3.63) is 23.2 Å². The number of methoxy groups -OCH3 is 1. The van der Waals surface area contributed by atoms with Crippen LogP contribution in [0.25, 0.3) is 0 Å². The molecule has 114 valence electrons. The van der Waals surface area contributed by atoms with E-state index in [0.29, 0.717) is 18.8 Å². The SMILES string of the molecule is CCNCc1cc(COC2CCCC(OC)C2)c(C)o1. The molecule has 1 aromatic rings. The lowest BCUT2D eigenvalue weighted by Crippen LogP contribution is -2.27. The summed E-state index contributed by atoms with van der Waals surface area (Å²) in [5.74, 6) is 1.96. The fourth-order valence-corrected chi connectivity index (χ4v) is 2.74. The predicted octanol–water partition coefficient (Wildman–Crippen LogP) is 3.17. The molecule has 0 aromatic carbocycles. The minimum Gasteiger partial charge on any atom is -0.465 e. The van der Waals surface area contributed by atoms with Crippen LogP contribution in [-0.4, -0.2) is 25.9 Å². The van der Waals surface area contributed by atoms with Gasteiger partial charge in [0, 0.05) is 12.7 Å². The summed E-state index contributed by atoms with van der Waals surface area (Å²) in [6, 6.07) is 2.11. The van der Waals surface area contributed by atoms with Crippen molar-refractivity contribution in [1.82, 2.24) is 5.32 Å². The summed E-state index contributed by atoms with van der Waals surface area (Å²) in [6.45, 7) is 6.48. The maximum Gasteiger partial charge on any atom is 0.118 e.